The first-order valence-corrected chi connectivity index (χ1v) is 10.3. The minimum atomic E-state index is -4.78. The van der Waals surface area contributed by atoms with Gasteiger partial charge in [0.1, 0.15) is 5.75 Å². The van der Waals surface area contributed by atoms with E-state index in [1.54, 1.807) is 6.07 Å². The minimum absolute atomic E-state index is 0.185. The van der Waals surface area contributed by atoms with Gasteiger partial charge in [0, 0.05) is 30.8 Å². The third kappa shape index (κ3) is 4.20. The van der Waals surface area contributed by atoms with E-state index in [4.69, 9.17) is 0 Å². The van der Waals surface area contributed by atoms with Gasteiger partial charge in [-0.05, 0) is 36.6 Å². The number of unbranched alkanes of at least 4 members (excludes halogenated alkanes) is 2. The summed E-state index contributed by atoms with van der Waals surface area (Å²) in [7, 11) is 0. The Morgan fingerprint density at radius 2 is 2.03 bits per heavy atom. The van der Waals surface area contributed by atoms with Crippen LogP contribution in [0.2, 0.25) is 0 Å². The van der Waals surface area contributed by atoms with Crippen LogP contribution in [0.15, 0.2) is 48.9 Å². The van der Waals surface area contributed by atoms with Crippen LogP contribution in [-0.4, -0.2) is 16.7 Å². The molecule has 158 valence electrons. The van der Waals surface area contributed by atoms with E-state index in [1.165, 1.54) is 25.0 Å². The van der Waals surface area contributed by atoms with Gasteiger partial charge in [0.2, 0.25) is 11.8 Å². The molecule has 3 aromatic rings. The van der Waals surface area contributed by atoms with Crippen molar-refractivity contribution in [1.82, 2.24) is 4.57 Å². The molecule has 0 amide bonds. The number of rotatable bonds is 6. The van der Waals surface area contributed by atoms with Gasteiger partial charge in [-0.1, -0.05) is 25.8 Å². The van der Waals surface area contributed by atoms with Crippen LogP contribution in [0, 0.1) is 0 Å². The van der Waals surface area contributed by atoms with Crippen LogP contribution in [0.5, 0.6) is 5.75 Å². The molecule has 7 heteroatoms. The van der Waals surface area contributed by atoms with E-state index in [0.29, 0.717) is 18.4 Å². The molecule has 0 saturated carbocycles. The second kappa shape index (κ2) is 8.13. The summed E-state index contributed by atoms with van der Waals surface area (Å²) < 4.78 is 45.7. The molecule has 30 heavy (non-hydrogen) atoms. The first kappa shape index (κ1) is 20.4. The molecule has 0 bridgehead atoms. The summed E-state index contributed by atoms with van der Waals surface area (Å²) in [4.78, 5) is 13.1. The second-order valence-electron chi connectivity index (χ2n) is 7.73. The fourth-order valence-electron chi connectivity index (χ4n) is 4.17. The van der Waals surface area contributed by atoms with Crippen LogP contribution in [0.3, 0.4) is 0 Å². The number of nitrogens with zero attached hydrogens (tertiary/aromatic N) is 2. The van der Waals surface area contributed by atoms with Gasteiger partial charge >= 0.3 is 6.36 Å². The lowest BCUT2D eigenvalue weighted by Crippen LogP contribution is -2.45. The molecule has 1 atom stereocenters. The number of aromatic nitrogens is 2. The molecule has 0 radical (unpaired) electrons. The third-order valence-electron chi connectivity index (χ3n) is 5.66. The van der Waals surface area contributed by atoms with E-state index in [-0.39, 0.29) is 11.5 Å². The van der Waals surface area contributed by atoms with E-state index in [9.17, 15) is 18.0 Å². The normalized spacial score (nSPS) is 16.7. The predicted octanol–water partition coefficient (Wildman–Crippen LogP) is 5.39. The SMILES string of the molecule is CCCCCn1ccc2c[n+](C3CCc4ccc(OC(F)(F)F)cc4C3=O)ccc21. The summed E-state index contributed by atoms with van der Waals surface area (Å²) in [5.41, 5.74) is 2.18. The fraction of sp³-hybridized carbons (Fsp3) is 0.391. The summed E-state index contributed by atoms with van der Waals surface area (Å²) >= 11 is 0. The number of benzene rings is 1. The van der Waals surface area contributed by atoms with Gasteiger partial charge < -0.3 is 9.30 Å². The summed E-state index contributed by atoms with van der Waals surface area (Å²) in [6.07, 6.45) is 5.83. The summed E-state index contributed by atoms with van der Waals surface area (Å²) in [5.74, 6) is -0.546. The molecule has 0 N–H and O–H groups in total. The lowest BCUT2D eigenvalue weighted by Gasteiger charge is -2.21. The molecule has 1 aromatic carbocycles. The number of ketones is 1. The standard InChI is InChI=1S/C23H24F3N2O2/c1-2-3-4-11-27-12-9-17-15-28(13-10-20(17)27)21-8-6-16-5-7-18(30-23(24,25)26)14-19(16)22(21)29/h5,7,9-10,12-15,21H,2-4,6,8,11H2,1H3/q+1. The Bertz CT molecular complexity index is 1070. The molecule has 1 unspecified atom stereocenters. The third-order valence-corrected chi connectivity index (χ3v) is 5.66. The molecule has 0 saturated heterocycles. The maximum Gasteiger partial charge on any atom is 0.573 e. The molecule has 0 spiro atoms. The van der Waals surface area contributed by atoms with Crippen LogP contribution in [0.4, 0.5) is 13.2 Å². The van der Waals surface area contributed by atoms with Gasteiger partial charge in [-0.25, -0.2) is 0 Å². The zero-order chi connectivity index (χ0) is 21.3. The zero-order valence-electron chi connectivity index (χ0n) is 16.8. The fourth-order valence-corrected chi connectivity index (χ4v) is 4.17. The van der Waals surface area contributed by atoms with E-state index >= 15 is 0 Å². The number of carbonyl (C=O) groups excluding carboxylic acids is 1. The molecular weight excluding hydrogens is 393 g/mol. The predicted molar refractivity (Wildman–Crippen MR) is 106 cm³/mol. The van der Waals surface area contributed by atoms with Crippen molar-refractivity contribution in [2.75, 3.05) is 0 Å². The van der Waals surface area contributed by atoms with E-state index in [2.05, 4.69) is 22.4 Å². The quantitative estimate of drug-likeness (QED) is 0.398. The number of hydrogen-bond acceptors (Lipinski definition) is 2. The molecule has 0 aliphatic heterocycles. The van der Waals surface area contributed by atoms with Crippen LogP contribution in [0.25, 0.3) is 10.9 Å². The van der Waals surface area contributed by atoms with Crippen LogP contribution < -0.4 is 9.30 Å². The monoisotopic (exact) mass is 417 g/mol. The number of aryl methyl sites for hydroxylation is 2. The average molecular weight is 417 g/mol. The highest BCUT2D eigenvalue weighted by Gasteiger charge is 2.36. The van der Waals surface area contributed by atoms with E-state index < -0.39 is 12.4 Å². The Morgan fingerprint density at radius 1 is 1.20 bits per heavy atom. The molecular formula is C23H24F3N2O2+. The number of hydrogen-bond donors (Lipinski definition) is 0. The average Bonchev–Trinajstić information content (AvgIpc) is 3.10. The van der Waals surface area contributed by atoms with Crippen molar-refractivity contribution in [2.24, 2.45) is 0 Å². The van der Waals surface area contributed by atoms with Crippen LogP contribution in [0.1, 0.15) is 54.6 Å². The first-order valence-electron chi connectivity index (χ1n) is 10.3. The maximum absolute atomic E-state index is 13.1. The van der Waals surface area contributed by atoms with Crippen molar-refractivity contribution >= 4 is 16.7 Å². The van der Waals surface area contributed by atoms with Crippen LogP contribution >= 0.6 is 0 Å². The molecule has 2 aromatic heterocycles. The highest BCUT2D eigenvalue weighted by Crippen LogP contribution is 2.31. The number of fused-ring (bicyclic) bond motifs is 2. The number of ether oxygens (including phenoxy) is 1. The van der Waals surface area contributed by atoms with Crippen molar-refractivity contribution in [3.8, 4) is 5.75 Å². The Morgan fingerprint density at radius 3 is 2.80 bits per heavy atom. The molecule has 4 rings (SSSR count). The highest BCUT2D eigenvalue weighted by atomic mass is 19.4. The van der Waals surface area contributed by atoms with Gasteiger partial charge in [-0.3, -0.25) is 4.79 Å². The summed E-state index contributed by atoms with van der Waals surface area (Å²) in [6, 6.07) is 7.63. The topological polar surface area (TPSA) is 35.1 Å². The lowest BCUT2D eigenvalue weighted by molar-refractivity contribution is -0.707. The minimum Gasteiger partial charge on any atom is -0.406 e. The number of alkyl halides is 3. The lowest BCUT2D eigenvalue weighted by atomic mass is 9.86. The molecule has 2 heterocycles. The largest absolute Gasteiger partial charge is 0.573 e. The Labute approximate surface area is 172 Å². The maximum atomic E-state index is 13.1. The zero-order valence-corrected chi connectivity index (χ0v) is 16.8. The Balaban J connectivity index is 1.59. The van der Waals surface area contributed by atoms with Crippen molar-refractivity contribution in [3.63, 3.8) is 0 Å². The summed E-state index contributed by atoms with van der Waals surface area (Å²) in [6.45, 7) is 3.13. The number of carbonyl (C=O) groups is 1. The Hall–Kier alpha value is -2.83. The highest BCUT2D eigenvalue weighted by molar-refractivity contribution is 6.00. The molecule has 1 aliphatic rings. The number of pyridine rings is 1. The van der Waals surface area contributed by atoms with E-state index in [0.717, 1.165) is 29.4 Å². The van der Waals surface area contributed by atoms with Gasteiger partial charge in [0.05, 0.1) is 10.9 Å². The van der Waals surface area contributed by atoms with Gasteiger partial charge in [-0.15, -0.1) is 13.2 Å². The smallest absolute Gasteiger partial charge is 0.406 e. The second-order valence-corrected chi connectivity index (χ2v) is 7.73. The van der Waals surface area contributed by atoms with Crippen molar-refractivity contribution in [3.05, 3.63) is 60.0 Å². The molecule has 0 fully saturated rings. The summed E-state index contributed by atoms with van der Waals surface area (Å²) in [5, 5.41) is 1.04. The van der Waals surface area contributed by atoms with Gasteiger partial charge in [0.25, 0.3) is 0 Å². The molecule has 1 aliphatic carbocycles. The first-order chi connectivity index (χ1) is 14.4. The van der Waals surface area contributed by atoms with Crippen molar-refractivity contribution in [2.45, 2.75) is 58.0 Å². The molecule has 4 nitrogen and oxygen atoms in total. The van der Waals surface area contributed by atoms with Crippen LogP contribution in [-0.2, 0) is 13.0 Å². The van der Waals surface area contributed by atoms with Crippen molar-refractivity contribution < 1.29 is 27.3 Å². The van der Waals surface area contributed by atoms with E-state index in [1.807, 2.05) is 29.1 Å². The van der Waals surface area contributed by atoms with Crippen molar-refractivity contribution in [1.29, 1.82) is 0 Å². The van der Waals surface area contributed by atoms with Gasteiger partial charge in [-0.2, -0.15) is 4.57 Å². The number of Topliss-reactive ketones (excluding diaryl/α,β-unsaturated/α-hetero) is 1. The number of halogens is 3. The van der Waals surface area contributed by atoms with Gasteiger partial charge in [0.15, 0.2) is 12.4 Å². The Kier molecular flexibility index (Phi) is 5.54.